The van der Waals surface area contributed by atoms with E-state index in [-0.39, 0.29) is 12.2 Å². The summed E-state index contributed by atoms with van der Waals surface area (Å²) in [6.07, 6.45) is 2.78. The van der Waals surface area contributed by atoms with Crippen LogP contribution in [0.5, 0.6) is 0 Å². The number of nitrogens with one attached hydrogen (secondary N) is 2. The molecule has 0 aromatic heterocycles. The Morgan fingerprint density at radius 1 is 1.44 bits per heavy atom. The fourth-order valence-electron chi connectivity index (χ4n) is 2.20. The van der Waals surface area contributed by atoms with Crippen molar-refractivity contribution in [3.05, 3.63) is 0 Å². The normalized spacial score (nSPS) is 19.6. The molecule has 18 heavy (non-hydrogen) atoms. The van der Waals surface area contributed by atoms with Crippen LogP contribution in [0.2, 0.25) is 0 Å². The minimum Gasteiger partial charge on any atom is -0.370 e. The molecule has 1 amide bonds. The van der Waals surface area contributed by atoms with Crippen LogP contribution in [0.15, 0.2) is 0 Å². The Kier molecular flexibility index (Phi) is 6.04. The van der Waals surface area contributed by atoms with Crippen molar-refractivity contribution in [1.29, 1.82) is 0 Å². The summed E-state index contributed by atoms with van der Waals surface area (Å²) in [6, 6.07) is -0.430. The van der Waals surface area contributed by atoms with Gasteiger partial charge in [0.15, 0.2) is 0 Å². The first-order valence-corrected chi connectivity index (χ1v) is 8.03. The van der Waals surface area contributed by atoms with E-state index in [1.165, 1.54) is 0 Å². The van der Waals surface area contributed by atoms with Crippen molar-refractivity contribution >= 4 is 15.9 Å². The molecule has 0 spiro atoms. The second-order valence-electron chi connectivity index (χ2n) is 4.99. The topological polar surface area (TPSA) is 101 Å². The molecule has 7 heteroatoms. The maximum Gasteiger partial charge on any atom is 0.219 e. The van der Waals surface area contributed by atoms with Crippen molar-refractivity contribution in [2.45, 2.75) is 38.6 Å². The molecule has 4 N–H and O–H groups in total. The molecule has 0 aliphatic carbocycles. The van der Waals surface area contributed by atoms with Gasteiger partial charge in [-0.2, -0.15) is 0 Å². The Labute approximate surface area is 109 Å². The van der Waals surface area contributed by atoms with E-state index in [1.54, 1.807) is 6.92 Å². The number of carbonyl (C=O) groups is 1. The molecule has 0 bridgehead atoms. The maximum absolute atomic E-state index is 11.8. The second-order valence-corrected chi connectivity index (χ2v) is 6.86. The predicted octanol–water partition coefficient (Wildman–Crippen LogP) is -0.441. The Morgan fingerprint density at radius 3 is 2.61 bits per heavy atom. The summed E-state index contributed by atoms with van der Waals surface area (Å²) in [5, 5.41) is 3.25. The molecular weight excluding hydrogens is 254 g/mol. The minimum absolute atomic E-state index is 0.0343. The van der Waals surface area contributed by atoms with Gasteiger partial charge in [0.05, 0.1) is 5.75 Å². The molecule has 1 aliphatic heterocycles. The first-order valence-electron chi connectivity index (χ1n) is 6.38. The number of sulfonamides is 1. The summed E-state index contributed by atoms with van der Waals surface area (Å²) in [5.41, 5.74) is 5.02. The van der Waals surface area contributed by atoms with Crippen LogP contribution in [-0.4, -0.2) is 39.2 Å². The summed E-state index contributed by atoms with van der Waals surface area (Å²) in [6.45, 7) is 3.58. The number of rotatable bonds is 7. The highest BCUT2D eigenvalue weighted by molar-refractivity contribution is 7.89. The summed E-state index contributed by atoms with van der Waals surface area (Å²) in [7, 11) is -3.30. The first-order chi connectivity index (χ1) is 8.39. The van der Waals surface area contributed by atoms with Gasteiger partial charge < -0.3 is 11.1 Å². The van der Waals surface area contributed by atoms with Crippen LogP contribution < -0.4 is 15.8 Å². The average molecular weight is 277 g/mol. The van der Waals surface area contributed by atoms with E-state index in [9.17, 15) is 13.2 Å². The van der Waals surface area contributed by atoms with Gasteiger partial charge in [0.1, 0.15) is 0 Å². The predicted molar refractivity (Wildman–Crippen MR) is 70.4 cm³/mol. The number of amides is 1. The van der Waals surface area contributed by atoms with Gasteiger partial charge in [0.2, 0.25) is 15.9 Å². The van der Waals surface area contributed by atoms with Crippen LogP contribution in [0.1, 0.15) is 32.6 Å². The zero-order valence-corrected chi connectivity index (χ0v) is 11.6. The van der Waals surface area contributed by atoms with E-state index in [0.717, 1.165) is 25.9 Å². The van der Waals surface area contributed by atoms with E-state index < -0.39 is 22.0 Å². The summed E-state index contributed by atoms with van der Waals surface area (Å²) >= 11 is 0. The number of carbonyl (C=O) groups excluding carboxylic acids is 1. The number of hydrogen-bond donors (Lipinski definition) is 3. The lowest BCUT2D eigenvalue weighted by Crippen LogP contribution is -2.38. The summed E-state index contributed by atoms with van der Waals surface area (Å²) < 4.78 is 26.1. The van der Waals surface area contributed by atoms with Gasteiger partial charge in [-0.05, 0) is 45.2 Å². The lowest BCUT2D eigenvalue weighted by molar-refractivity contribution is -0.118. The van der Waals surface area contributed by atoms with E-state index in [0.29, 0.717) is 12.3 Å². The first kappa shape index (κ1) is 15.4. The van der Waals surface area contributed by atoms with Crippen LogP contribution in [0, 0.1) is 5.92 Å². The fraction of sp³-hybridized carbons (Fsp3) is 0.909. The molecule has 1 saturated heterocycles. The van der Waals surface area contributed by atoms with Crippen LogP contribution in [0.25, 0.3) is 0 Å². The lowest BCUT2D eigenvalue weighted by atomic mass is 9.96. The molecule has 1 unspecified atom stereocenters. The van der Waals surface area contributed by atoms with Crippen LogP contribution in [0.3, 0.4) is 0 Å². The third-order valence-electron chi connectivity index (χ3n) is 3.14. The number of primary amides is 1. The van der Waals surface area contributed by atoms with Gasteiger partial charge in [-0.25, -0.2) is 13.1 Å². The van der Waals surface area contributed by atoms with Gasteiger partial charge in [-0.1, -0.05) is 0 Å². The summed E-state index contributed by atoms with van der Waals surface area (Å²) in [4.78, 5) is 10.7. The highest BCUT2D eigenvalue weighted by Crippen LogP contribution is 2.16. The fourth-order valence-corrected chi connectivity index (χ4v) is 3.66. The van der Waals surface area contributed by atoms with E-state index in [1.807, 2.05) is 0 Å². The summed E-state index contributed by atoms with van der Waals surface area (Å²) in [5.74, 6) is 0.110. The SMILES string of the molecule is CC(CC(N)=O)NS(=O)(=O)CCC1CCNCC1. The van der Waals surface area contributed by atoms with Gasteiger partial charge in [-0.3, -0.25) is 4.79 Å². The zero-order chi connectivity index (χ0) is 13.6. The Hall–Kier alpha value is -0.660. The second kappa shape index (κ2) is 7.06. The van der Waals surface area contributed by atoms with Gasteiger partial charge in [0, 0.05) is 12.5 Å². The standard InChI is InChI=1S/C11H23N3O3S/c1-9(8-11(12)15)14-18(16,17)7-4-10-2-5-13-6-3-10/h9-10,13-14H,2-8H2,1H3,(H2,12,15). The van der Waals surface area contributed by atoms with Crippen molar-refractivity contribution in [2.75, 3.05) is 18.8 Å². The maximum atomic E-state index is 11.8. The van der Waals surface area contributed by atoms with Crippen LogP contribution in [-0.2, 0) is 14.8 Å². The molecule has 1 rings (SSSR count). The molecule has 0 saturated carbocycles. The van der Waals surface area contributed by atoms with Crippen molar-refractivity contribution in [3.63, 3.8) is 0 Å². The molecule has 1 fully saturated rings. The van der Waals surface area contributed by atoms with E-state index >= 15 is 0 Å². The van der Waals surface area contributed by atoms with Crippen molar-refractivity contribution in [1.82, 2.24) is 10.0 Å². The third-order valence-corrected chi connectivity index (χ3v) is 4.68. The molecular formula is C11H23N3O3S. The molecule has 106 valence electrons. The largest absolute Gasteiger partial charge is 0.370 e. The molecule has 1 atom stereocenters. The molecule has 0 aromatic carbocycles. The Morgan fingerprint density at radius 2 is 2.06 bits per heavy atom. The van der Waals surface area contributed by atoms with Gasteiger partial charge in [0.25, 0.3) is 0 Å². The van der Waals surface area contributed by atoms with E-state index in [4.69, 9.17) is 5.73 Å². The van der Waals surface area contributed by atoms with Gasteiger partial charge >= 0.3 is 0 Å². The molecule has 1 aliphatic rings. The van der Waals surface area contributed by atoms with Gasteiger partial charge in [-0.15, -0.1) is 0 Å². The zero-order valence-electron chi connectivity index (χ0n) is 10.8. The van der Waals surface area contributed by atoms with E-state index in [2.05, 4.69) is 10.0 Å². The third kappa shape index (κ3) is 6.32. The van der Waals surface area contributed by atoms with Crippen LogP contribution in [0.4, 0.5) is 0 Å². The number of nitrogens with two attached hydrogens (primary N) is 1. The number of hydrogen-bond acceptors (Lipinski definition) is 4. The highest BCUT2D eigenvalue weighted by Gasteiger charge is 2.19. The van der Waals surface area contributed by atoms with Crippen LogP contribution >= 0.6 is 0 Å². The molecule has 6 nitrogen and oxygen atoms in total. The molecule has 0 radical (unpaired) electrons. The average Bonchev–Trinajstić information content (AvgIpc) is 2.26. The monoisotopic (exact) mass is 277 g/mol. The Balaban J connectivity index is 2.32. The highest BCUT2D eigenvalue weighted by atomic mass is 32.2. The minimum atomic E-state index is -3.30. The quantitative estimate of drug-likeness (QED) is 0.587. The van der Waals surface area contributed by atoms with Crippen molar-refractivity contribution < 1.29 is 13.2 Å². The van der Waals surface area contributed by atoms with Crippen molar-refractivity contribution in [3.8, 4) is 0 Å². The Bertz CT molecular complexity index is 364. The smallest absolute Gasteiger partial charge is 0.219 e. The van der Waals surface area contributed by atoms with Crippen molar-refractivity contribution in [2.24, 2.45) is 11.7 Å². The lowest BCUT2D eigenvalue weighted by Gasteiger charge is -2.22. The molecule has 1 heterocycles. The number of piperidine rings is 1. The molecule has 0 aromatic rings.